The predicted octanol–water partition coefficient (Wildman–Crippen LogP) is 5.39. The van der Waals surface area contributed by atoms with Crippen molar-refractivity contribution in [3.63, 3.8) is 0 Å². The van der Waals surface area contributed by atoms with Crippen LogP contribution in [0.5, 0.6) is 0 Å². The van der Waals surface area contributed by atoms with Crippen molar-refractivity contribution < 1.29 is 8.85 Å². The second-order valence-electron chi connectivity index (χ2n) is 7.93. The number of anilines is 2. The molecule has 0 radical (unpaired) electrons. The molecule has 0 unspecified atom stereocenters. The molecule has 0 saturated heterocycles. The molecule has 0 aliphatic rings. The van der Waals surface area contributed by atoms with Crippen LogP contribution < -0.4 is 9.80 Å². The fourth-order valence-electron chi connectivity index (χ4n) is 3.43. The maximum Gasteiger partial charge on any atom is 0.331 e. The van der Waals surface area contributed by atoms with Crippen LogP contribution in [0.15, 0.2) is 48.5 Å². The van der Waals surface area contributed by atoms with Gasteiger partial charge in [0, 0.05) is 37.6 Å². The van der Waals surface area contributed by atoms with E-state index >= 15 is 0 Å². The molecule has 4 nitrogen and oxygen atoms in total. The molecule has 0 N–H and O–H groups in total. The van der Waals surface area contributed by atoms with Crippen molar-refractivity contribution in [3.8, 4) is 0 Å². The van der Waals surface area contributed by atoms with E-state index in [1.165, 1.54) is 22.5 Å². The van der Waals surface area contributed by atoms with E-state index in [0.717, 1.165) is 26.2 Å². The van der Waals surface area contributed by atoms with Crippen LogP contribution in [-0.4, -0.2) is 48.0 Å². The second-order valence-corrected chi connectivity index (χ2v) is 11.3. The highest BCUT2D eigenvalue weighted by Crippen LogP contribution is 2.17. The molecule has 0 spiro atoms. The van der Waals surface area contributed by atoms with Crippen LogP contribution in [0.4, 0.5) is 11.4 Å². The molecule has 5 heteroatoms. The summed E-state index contributed by atoms with van der Waals surface area (Å²) in [5, 5.41) is 0. The van der Waals surface area contributed by atoms with Crippen molar-refractivity contribution in [3.05, 3.63) is 59.7 Å². The highest BCUT2D eigenvalue weighted by atomic mass is 28.4. The minimum absolute atomic E-state index is 0.691. The summed E-state index contributed by atoms with van der Waals surface area (Å²) < 4.78 is 12.4. The Morgan fingerprint density at radius 2 is 1.14 bits per heavy atom. The molecule has 2 aromatic carbocycles. The fraction of sp³-hybridized carbons (Fsp3) is 0.500. The Kier molecular flexibility index (Phi) is 9.21. The van der Waals surface area contributed by atoms with Crippen molar-refractivity contribution in [2.24, 2.45) is 0 Å². The molecule has 0 aliphatic heterocycles. The van der Waals surface area contributed by atoms with Crippen LogP contribution in [0.25, 0.3) is 0 Å². The topological polar surface area (TPSA) is 24.9 Å². The highest BCUT2D eigenvalue weighted by Gasteiger charge is 2.25. The first-order chi connectivity index (χ1) is 13.8. The lowest BCUT2D eigenvalue weighted by Crippen LogP contribution is -2.40. The van der Waals surface area contributed by atoms with Gasteiger partial charge >= 0.3 is 8.56 Å². The average molecular weight is 415 g/mol. The Labute approximate surface area is 178 Å². The minimum atomic E-state index is -2.14. The van der Waals surface area contributed by atoms with Crippen molar-refractivity contribution in [2.45, 2.75) is 40.8 Å². The van der Waals surface area contributed by atoms with Crippen LogP contribution in [0.3, 0.4) is 0 Å². The van der Waals surface area contributed by atoms with E-state index in [2.05, 4.69) is 99.1 Å². The van der Waals surface area contributed by atoms with Crippen LogP contribution in [0.1, 0.15) is 25.0 Å². The van der Waals surface area contributed by atoms with E-state index in [1.54, 1.807) is 0 Å². The van der Waals surface area contributed by atoms with Gasteiger partial charge in [0.2, 0.25) is 0 Å². The summed E-state index contributed by atoms with van der Waals surface area (Å²) in [5.41, 5.74) is 5.09. The third kappa shape index (κ3) is 7.84. The molecule has 2 aromatic rings. The van der Waals surface area contributed by atoms with Gasteiger partial charge in [-0.2, -0.15) is 0 Å². The third-order valence-electron chi connectivity index (χ3n) is 5.12. The molecule has 29 heavy (non-hydrogen) atoms. The van der Waals surface area contributed by atoms with Crippen LogP contribution in [-0.2, 0) is 8.85 Å². The Morgan fingerprint density at radius 3 is 1.48 bits per heavy atom. The Hall–Kier alpha value is -1.82. The number of benzene rings is 2. The fourth-order valence-corrected chi connectivity index (χ4v) is 4.68. The van der Waals surface area contributed by atoms with E-state index in [-0.39, 0.29) is 0 Å². The lowest BCUT2D eigenvalue weighted by Gasteiger charge is -2.29. The van der Waals surface area contributed by atoms with Crippen LogP contribution >= 0.6 is 0 Å². The maximum atomic E-state index is 6.21. The van der Waals surface area contributed by atoms with Gasteiger partial charge in [0.25, 0.3) is 0 Å². The first kappa shape index (κ1) is 23.5. The van der Waals surface area contributed by atoms with Gasteiger partial charge in [-0.25, -0.2) is 0 Å². The molecule has 0 fully saturated rings. The Bertz CT molecular complexity index is 690. The molecule has 2 rings (SSSR count). The molecule has 0 bridgehead atoms. The van der Waals surface area contributed by atoms with Crippen LogP contribution in [0.2, 0.25) is 13.1 Å². The molecule has 0 atom stereocenters. The zero-order valence-corrected chi connectivity index (χ0v) is 20.1. The summed E-state index contributed by atoms with van der Waals surface area (Å²) in [4.78, 5) is 4.71. The van der Waals surface area contributed by atoms with Crippen molar-refractivity contribution in [1.82, 2.24) is 0 Å². The van der Waals surface area contributed by atoms with Gasteiger partial charge in [-0.1, -0.05) is 24.3 Å². The van der Waals surface area contributed by atoms with Gasteiger partial charge < -0.3 is 18.7 Å². The molecule has 0 saturated carbocycles. The number of aryl methyl sites for hydroxylation is 2. The van der Waals surface area contributed by atoms with E-state index < -0.39 is 8.56 Å². The summed E-state index contributed by atoms with van der Waals surface area (Å²) >= 11 is 0. The van der Waals surface area contributed by atoms with Crippen LogP contribution in [0, 0.1) is 13.8 Å². The molecule has 160 valence electrons. The quantitative estimate of drug-likeness (QED) is 0.435. The molecule has 0 heterocycles. The summed E-state index contributed by atoms with van der Waals surface area (Å²) in [6, 6.07) is 17.3. The normalized spacial score (nSPS) is 11.5. The number of nitrogens with zero attached hydrogens (tertiary/aromatic N) is 2. The van der Waals surface area contributed by atoms with Gasteiger partial charge in [0.1, 0.15) is 0 Å². The zero-order chi connectivity index (χ0) is 21.3. The Balaban J connectivity index is 1.78. The Morgan fingerprint density at radius 1 is 0.724 bits per heavy atom. The SMILES string of the molecule is CCN(CCO[Si](C)(C)OCCN(CC)c1cccc(C)c1)c1cccc(C)c1. The van der Waals surface area contributed by atoms with E-state index in [0.29, 0.717) is 13.2 Å². The van der Waals surface area contributed by atoms with Gasteiger partial charge in [-0.15, -0.1) is 0 Å². The minimum Gasteiger partial charge on any atom is -0.393 e. The number of hydrogen-bond donors (Lipinski definition) is 0. The lowest BCUT2D eigenvalue weighted by atomic mass is 10.2. The molecular weight excluding hydrogens is 376 g/mol. The zero-order valence-electron chi connectivity index (χ0n) is 19.1. The van der Waals surface area contributed by atoms with Crippen molar-refractivity contribution in [1.29, 1.82) is 0 Å². The van der Waals surface area contributed by atoms with Crippen molar-refractivity contribution in [2.75, 3.05) is 49.2 Å². The smallest absolute Gasteiger partial charge is 0.331 e. The lowest BCUT2D eigenvalue weighted by molar-refractivity contribution is 0.186. The van der Waals surface area contributed by atoms with Gasteiger partial charge in [0.05, 0.1) is 13.2 Å². The summed E-state index contributed by atoms with van der Waals surface area (Å²) in [7, 11) is -2.14. The molecule has 0 amide bonds. The third-order valence-corrected chi connectivity index (χ3v) is 6.92. The molecule has 0 aromatic heterocycles. The number of hydrogen-bond acceptors (Lipinski definition) is 4. The molecule has 0 aliphatic carbocycles. The number of rotatable bonds is 12. The van der Waals surface area contributed by atoms with Gasteiger partial charge in [0.15, 0.2) is 0 Å². The summed E-state index contributed by atoms with van der Waals surface area (Å²) in [6.45, 7) is 18.0. The highest BCUT2D eigenvalue weighted by molar-refractivity contribution is 6.64. The monoisotopic (exact) mass is 414 g/mol. The standard InChI is InChI=1S/C24H38N2O2Si/c1-7-25(23-13-9-11-21(3)19-23)15-17-27-29(5,6)28-18-16-26(8-2)24-14-10-12-22(4)20-24/h9-14,19-20H,7-8,15-18H2,1-6H3. The van der Waals surface area contributed by atoms with Gasteiger partial charge in [-0.05, 0) is 76.2 Å². The van der Waals surface area contributed by atoms with Gasteiger partial charge in [-0.3, -0.25) is 0 Å². The first-order valence-corrected chi connectivity index (χ1v) is 13.6. The summed E-state index contributed by atoms with van der Waals surface area (Å²) in [5.74, 6) is 0. The largest absolute Gasteiger partial charge is 0.393 e. The predicted molar refractivity (Wildman–Crippen MR) is 128 cm³/mol. The first-order valence-electron chi connectivity index (χ1n) is 10.8. The average Bonchev–Trinajstić information content (AvgIpc) is 2.68. The summed E-state index contributed by atoms with van der Waals surface area (Å²) in [6.07, 6.45) is 0. The maximum absolute atomic E-state index is 6.21. The number of likely N-dealkylation sites (N-methyl/N-ethyl adjacent to an activating group) is 2. The van der Waals surface area contributed by atoms with Crippen molar-refractivity contribution >= 4 is 19.9 Å². The van der Waals surface area contributed by atoms with E-state index in [9.17, 15) is 0 Å². The molecular formula is C24H38N2O2Si. The second kappa shape index (κ2) is 11.4. The van der Waals surface area contributed by atoms with E-state index in [4.69, 9.17) is 8.85 Å². The van der Waals surface area contributed by atoms with E-state index in [1.807, 2.05) is 0 Å².